The van der Waals surface area contributed by atoms with Crippen LogP contribution < -0.4 is 15.1 Å². The molecule has 1 aromatic heterocycles. The molecule has 1 saturated carbocycles. The highest BCUT2D eigenvalue weighted by Crippen LogP contribution is 2.48. The van der Waals surface area contributed by atoms with Crippen LogP contribution >= 0.6 is 12.2 Å². The molecule has 2 aromatic rings. The SMILES string of the molecule is C=N/C=C\C(=C)CNC(=O)c1ccc(N2C(=S)N(c3cnc(C#N)c(C(F)(F)F)c3)C(=O)C23CCC3)cc1F. The number of aliphatic imine (C=N–C) groups is 1. The number of anilines is 2. The fourth-order valence-electron chi connectivity index (χ4n) is 4.42. The monoisotopic (exact) mass is 556 g/mol. The number of carbonyl (C=O) groups is 2. The molecule has 8 nitrogen and oxygen atoms in total. The Morgan fingerprint density at radius 2 is 2.03 bits per heavy atom. The minimum atomic E-state index is -4.89. The second-order valence-electron chi connectivity index (χ2n) is 8.85. The molecule has 0 atom stereocenters. The van der Waals surface area contributed by atoms with Gasteiger partial charge in [0, 0.05) is 18.4 Å². The van der Waals surface area contributed by atoms with Crippen molar-refractivity contribution in [3.05, 3.63) is 77.5 Å². The predicted octanol–water partition coefficient (Wildman–Crippen LogP) is 4.67. The van der Waals surface area contributed by atoms with E-state index in [0.717, 1.165) is 17.2 Å². The van der Waals surface area contributed by atoms with Crippen LogP contribution in [0.25, 0.3) is 0 Å². The van der Waals surface area contributed by atoms with Crippen LogP contribution in [0.5, 0.6) is 0 Å². The van der Waals surface area contributed by atoms with E-state index >= 15 is 4.39 Å². The van der Waals surface area contributed by atoms with Gasteiger partial charge in [0.15, 0.2) is 10.8 Å². The van der Waals surface area contributed by atoms with Gasteiger partial charge < -0.3 is 10.2 Å². The fourth-order valence-corrected chi connectivity index (χ4v) is 4.89. The van der Waals surface area contributed by atoms with Crippen molar-refractivity contribution in [2.24, 2.45) is 4.99 Å². The van der Waals surface area contributed by atoms with Gasteiger partial charge in [-0.25, -0.2) is 9.37 Å². The van der Waals surface area contributed by atoms with Crippen LogP contribution in [0.1, 0.15) is 40.9 Å². The van der Waals surface area contributed by atoms with Crippen molar-refractivity contribution in [1.29, 1.82) is 5.26 Å². The molecule has 2 amide bonds. The average molecular weight is 557 g/mol. The Labute approximate surface area is 225 Å². The lowest BCUT2D eigenvalue weighted by Crippen LogP contribution is -2.55. The maximum Gasteiger partial charge on any atom is 0.419 e. The van der Waals surface area contributed by atoms with Gasteiger partial charge in [0.05, 0.1) is 23.0 Å². The number of thiocarbonyl (C=S) groups is 1. The van der Waals surface area contributed by atoms with Gasteiger partial charge >= 0.3 is 6.18 Å². The smallest absolute Gasteiger partial charge is 0.348 e. The number of aromatic nitrogens is 1. The number of hydrogen-bond donors (Lipinski definition) is 1. The molecule has 39 heavy (non-hydrogen) atoms. The number of amides is 2. The van der Waals surface area contributed by atoms with Crippen LogP contribution in [0.4, 0.5) is 28.9 Å². The first-order chi connectivity index (χ1) is 18.4. The molecule has 1 N–H and O–H groups in total. The summed E-state index contributed by atoms with van der Waals surface area (Å²) in [4.78, 5) is 35.5. The Kier molecular flexibility index (Phi) is 7.34. The number of pyridine rings is 1. The molecule has 0 unspecified atom stereocenters. The van der Waals surface area contributed by atoms with Gasteiger partial charge in [-0.3, -0.25) is 19.5 Å². The predicted molar refractivity (Wildman–Crippen MR) is 140 cm³/mol. The zero-order chi connectivity index (χ0) is 28.5. The standard InChI is InChI=1S/C26H20F4N6O2S/c1-15(6-9-32-2)13-34-22(37)18-5-4-16(11-20(18)27)36-24(39)35(23(38)25(36)7-3-8-25)17-10-19(26(28,29)30)21(12-31)33-14-17/h4-6,9-11,14H,1-3,7-8,13H2,(H,34,37)/b9-6-. The molecule has 1 spiro atoms. The third-order valence-corrected chi connectivity index (χ3v) is 6.85. The first kappa shape index (κ1) is 27.6. The van der Waals surface area contributed by atoms with E-state index in [0.29, 0.717) is 30.9 Å². The summed E-state index contributed by atoms with van der Waals surface area (Å²) in [6.07, 6.45) is 0.299. The molecular formula is C26H20F4N6O2S. The van der Waals surface area contributed by atoms with Crippen LogP contribution in [-0.4, -0.2) is 40.7 Å². The molecule has 1 saturated heterocycles. The Morgan fingerprint density at radius 3 is 2.59 bits per heavy atom. The maximum absolute atomic E-state index is 15.1. The number of rotatable bonds is 7. The van der Waals surface area contributed by atoms with Crippen LogP contribution in [-0.2, 0) is 11.0 Å². The van der Waals surface area contributed by atoms with E-state index in [4.69, 9.17) is 17.5 Å². The third kappa shape index (κ3) is 4.90. The molecule has 200 valence electrons. The summed E-state index contributed by atoms with van der Waals surface area (Å²) in [5, 5.41) is 11.4. The van der Waals surface area contributed by atoms with Crippen molar-refractivity contribution in [2.45, 2.75) is 31.0 Å². The number of alkyl halides is 3. The first-order valence-corrected chi connectivity index (χ1v) is 11.9. The van der Waals surface area contributed by atoms with Gasteiger partial charge in [-0.15, -0.1) is 0 Å². The number of nitriles is 1. The highest BCUT2D eigenvalue weighted by molar-refractivity contribution is 7.81. The molecule has 1 aromatic carbocycles. The molecule has 2 aliphatic rings. The number of nitrogens with one attached hydrogen (secondary N) is 1. The molecule has 0 bridgehead atoms. The lowest BCUT2D eigenvalue weighted by molar-refractivity contribution is -0.138. The topological polar surface area (TPSA) is 102 Å². The van der Waals surface area contributed by atoms with E-state index < -0.39 is 40.6 Å². The van der Waals surface area contributed by atoms with Gasteiger partial charge in [-0.05, 0) is 74.1 Å². The molecule has 2 fully saturated rings. The molecule has 13 heteroatoms. The normalized spacial score (nSPS) is 16.4. The summed E-state index contributed by atoms with van der Waals surface area (Å²) in [6, 6.07) is 5.73. The van der Waals surface area contributed by atoms with Crippen molar-refractivity contribution in [3.63, 3.8) is 0 Å². The zero-order valence-electron chi connectivity index (χ0n) is 20.3. The highest BCUT2D eigenvalue weighted by Gasteiger charge is 2.60. The van der Waals surface area contributed by atoms with Crippen LogP contribution in [0.2, 0.25) is 0 Å². The number of halogens is 4. The lowest BCUT2D eigenvalue weighted by atomic mass is 9.75. The zero-order valence-corrected chi connectivity index (χ0v) is 21.1. The van der Waals surface area contributed by atoms with Crippen molar-refractivity contribution in [1.82, 2.24) is 10.3 Å². The molecule has 1 aliphatic carbocycles. The second kappa shape index (κ2) is 10.4. The Balaban J connectivity index is 1.65. The Morgan fingerprint density at radius 1 is 1.31 bits per heavy atom. The third-order valence-electron chi connectivity index (χ3n) is 6.48. The minimum Gasteiger partial charge on any atom is -0.348 e. The van der Waals surface area contributed by atoms with Crippen LogP contribution in [0.15, 0.2) is 59.9 Å². The summed E-state index contributed by atoms with van der Waals surface area (Å²) in [7, 11) is 0. The summed E-state index contributed by atoms with van der Waals surface area (Å²) >= 11 is 5.51. The highest BCUT2D eigenvalue weighted by atomic mass is 32.1. The number of benzene rings is 1. The van der Waals surface area contributed by atoms with Gasteiger partial charge in [0.2, 0.25) is 0 Å². The van der Waals surface area contributed by atoms with E-state index in [1.807, 2.05) is 0 Å². The summed E-state index contributed by atoms with van der Waals surface area (Å²) < 4.78 is 55.7. The van der Waals surface area contributed by atoms with Gasteiger partial charge in [0.25, 0.3) is 11.8 Å². The molecule has 4 rings (SSSR count). The molecule has 1 aliphatic heterocycles. The summed E-state index contributed by atoms with van der Waals surface area (Å²) in [5.41, 5.74) is -3.23. The van der Waals surface area contributed by atoms with Gasteiger partial charge in [-0.1, -0.05) is 6.58 Å². The lowest BCUT2D eigenvalue weighted by Gasteiger charge is -2.43. The minimum absolute atomic E-state index is 0.0351. The number of nitrogens with zero attached hydrogens (tertiary/aromatic N) is 5. The Hall–Kier alpha value is -4.44. The van der Waals surface area contributed by atoms with Crippen molar-refractivity contribution in [3.8, 4) is 6.07 Å². The summed E-state index contributed by atoms with van der Waals surface area (Å²) in [5.74, 6) is -2.17. The molecule has 0 radical (unpaired) electrons. The number of carbonyl (C=O) groups excluding carboxylic acids is 2. The van der Waals surface area contributed by atoms with E-state index in [2.05, 4.69) is 28.6 Å². The number of hydrogen-bond acceptors (Lipinski definition) is 6. The maximum atomic E-state index is 15.1. The van der Waals surface area contributed by atoms with Crippen molar-refractivity contribution >= 4 is 47.2 Å². The van der Waals surface area contributed by atoms with E-state index in [-0.39, 0.29) is 28.6 Å². The van der Waals surface area contributed by atoms with Crippen molar-refractivity contribution < 1.29 is 27.2 Å². The van der Waals surface area contributed by atoms with Gasteiger partial charge in [0.1, 0.15) is 17.4 Å². The molecular weight excluding hydrogens is 536 g/mol. The average Bonchev–Trinajstić information content (AvgIpc) is 3.11. The fraction of sp³-hybridized carbons (Fsp3) is 0.231. The quantitative estimate of drug-likeness (QED) is 0.230. The van der Waals surface area contributed by atoms with Crippen molar-refractivity contribution in [2.75, 3.05) is 16.3 Å². The molecule has 2 heterocycles. The van der Waals surface area contributed by atoms with E-state index in [1.54, 1.807) is 0 Å². The second-order valence-corrected chi connectivity index (χ2v) is 9.21. The van der Waals surface area contributed by atoms with Gasteiger partial charge in [-0.2, -0.15) is 18.4 Å². The van der Waals surface area contributed by atoms with E-state index in [1.165, 1.54) is 35.4 Å². The van der Waals surface area contributed by atoms with Crippen LogP contribution in [0.3, 0.4) is 0 Å². The summed E-state index contributed by atoms with van der Waals surface area (Å²) in [6.45, 7) is 7.06. The van der Waals surface area contributed by atoms with E-state index in [9.17, 15) is 22.8 Å². The largest absolute Gasteiger partial charge is 0.419 e. The first-order valence-electron chi connectivity index (χ1n) is 11.5. The Bertz CT molecular complexity index is 1480. The van der Waals surface area contributed by atoms with Crippen LogP contribution in [0, 0.1) is 17.1 Å².